The summed E-state index contributed by atoms with van der Waals surface area (Å²) in [7, 11) is 0. The number of halogens is 3. The molecule has 0 aliphatic carbocycles. The van der Waals surface area contributed by atoms with E-state index < -0.39 is 0 Å². The number of piperidine rings is 1. The number of hydrogen-bond donors (Lipinski definition) is 1. The van der Waals surface area contributed by atoms with Crippen molar-refractivity contribution in [1.82, 2.24) is 10.2 Å². The molecule has 0 unspecified atom stereocenters. The summed E-state index contributed by atoms with van der Waals surface area (Å²) in [5.74, 6) is 0.0763. The molecule has 1 fully saturated rings. The molecular formula is C20H19Cl3N2O3. The van der Waals surface area contributed by atoms with Crippen molar-refractivity contribution < 1.29 is 14.3 Å². The highest BCUT2D eigenvalue weighted by Gasteiger charge is 2.24. The van der Waals surface area contributed by atoms with Crippen LogP contribution in [0, 0.1) is 0 Å². The molecule has 2 amide bonds. The zero-order chi connectivity index (χ0) is 20.1. The number of ether oxygens (including phenoxy) is 1. The van der Waals surface area contributed by atoms with Gasteiger partial charge in [-0.25, -0.2) is 0 Å². The quantitative estimate of drug-likeness (QED) is 0.698. The molecular weight excluding hydrogens is 423 g/mol. The van der Waals surface area contributed by atoms with Crippen LogP contribution in [0.15, 0.2) is 42.5 Å². The van der Waals surface area contributed by atoms with Gasteiger partial charge in [0.05, 0.1) is 15.1 Å². The summed E-state index contributed by atoms with van der Waals surface area (Å²) in [5, 5.41) is 3.95. The van der Waals surface area contributed by atoms with E-state index >= 15 is 0 Å². The Hall–Kier alpha value is -1.95. The molecule has 148 valence electrons. The lowest BCUT2D eigenvalue weighted by molar-refractivity contribution is -0.134. The number of nitrogens with zero attached hydrogens (tertiary/aromatic N) is 1. The van der Waals surface area contributed by atoms with Crippen molar-refractivity contribution in [2.24, 2.45) is 0 Å². The monoisotopic (exact) mass is 440 g/mol. The zero-order valence-electron chi connectivity index (χ0n) is 15.0. The molecule has 1 heterocycles. The number of rotatable bonds is 5. The van der Waals surface area contributed by atoms with Gasteiger partial charge in [0, 0.05) is 30.8 Å². The molecule has 2 aromatic carbocycles. The molecule has 1 saturated heterocycles. The van der Waals surface area contributed by atoms with Crippen LogP contribution < -0.4 is 10.1 Å². The molecule has 28 heavy (non-hydrogen) atoms. The Kier molecular flexibility index (Phi) is 7.05. The van der Waals surface area contributed by atoms with Gasteiger partial charge >= 0.3 is 0 Å². The average molecular weight is 442 g/mol. The van der Waals surface area contributed by atoms with Crippen molar-refractivity contribution in [3.63, 3.8) is 0 Å². The van der Waals surface area contributed by atoms with Gasteiger partial charge in [0.25, 0.3) is 11.8 Å². The predicted octanol–water partition coefficient (Wildman–Crippen LogP) is 4.45. The number of carbonyl (C=O) groups is 2. The summed E-state index contributed by atoms with van der Waals surface area (Å²) in [6, 6.07) is 12.1. The second kappa shape index (κ2) is 9.50. The van der Waals surface area contributed by atoms with Gasteiger partial charge in [-0.3, -0.25) is 9.59 Å². The fourth-order valence-electron chi connectivity index (χ4n) is 2.98. The normalized spacial score (nSPS) is 14.6. The van der Waals surface area contributed by atoms with Gasteiger partial charge in [-0.2, -0.15) is 0 Å². The molecule has 0 spiro atoms. The molecule has 0 radical (unpaired) electrons. The maximum absolute atomic E-state index is 12.4. The Labute approximate surface area is 178 Å². The fraction of sp³-hybridized carbons (Fsp3) is 0.300. The van der Waals surface area contributed by atoms with Crippen molar-refractivity contribution >= 4 is 46.6 Å². The van der Waals surface area contributed by atoms with Crippen molar-refractivity contribution in [3.05, 3.63) is 63.1 Å². The molecule has 5 nitrogen and oxygen atoms in total. The summed E-state index contributed by atoms with van der Waals surface area (Å²) in [6.07, 6.45) is 1.38. The van der Waals surface area contributed by atoms with Crippen LogP contribution in [0.4, 0.5) is 0 Å². The summed E-state index contributed by atoms with van der Waals surface area (Å²) in [5.41, 5.74) is 0.632. The van der Waals surface area contributed by atoms with E-state index in [-0.39, 0.29) is 24.5 Å². The Bertz CT molecular complexity index is 853. The fourth-order valence-corrected chi connectivity index (χ4v) is 3.57. The third kappa shape index (κ3) is 5.31. The minimum atomic E-state index is -0.144. The Morgan fingerprint density at radius 2 is 1.64 bits per heavy atom. The van der Waals surface area contributed by atoms with Gasteiger partial charge in [0.2, 0.25) is 0 Å². The molecule has 8 heteroatoms. The first-order valence-electron chi connectivity index (χ1n) is 8.85. The van der Waals surface area contributed by atoms with Gasteiger partial charge in [0.15, 0.2) is 6.61 Å². The Morgan fingerprint density at radius 1 is 1.00 bits per heavy atom. The highest BCUT2D eigenvalue weighted by atomic mass is 35.5. The average Bonchev–Trinajstić information content (AvgIpc) is 2.70. The first-order chi connectivity index (χ1) is 13.4. The van der Waals surface area contributed by atoms with Crippen molar-refractivity contribution in [3.8, 4) is 5.75 Å². The molecule has 2 aromatic rings. The molecule has 0 saturated carbocycles. The van der Waals surface area contributed by atoms with Crippen molar-refractivity contribution in [2.45, 2.75) is 18.9 Å². The minimum Gasteiger partial charge on any atom is -0.482 e. The third-order valence-corrected chi connectivity index (χ3v) is 5.56. The van der Waals surface area contributed by atoms with Gasteiger partial charge in [-0.1, -0.05) is 53.0 Å². The van der Waals surface area contributed by atoms with E-state index in [0.29, 0.717) is 52.3 Å². The molecule has 1 aliphatic rings. The zero-order valence-corrected chi connectivity index (χ0v) is 17.2. The van der Waals surface area contributed by atoms with Gasteiger partial charge in [0.1, 0.15) is 5.75 Å². The van der Waals surface area contributed by atoms with Gasteiger partial charge in [-0.15, -0.1) is 0 Å². The molecule has 3 rings (SSSR count). The Balaban J connectivity index is 1.46. The van der Waals surface area contributed by atoms with Crippen LogP contribution in [0.1, 0.15) is 23.2 Å². The first kappa shape index (κ1) is 20.8. The Morgan fingerprint density at radius 3 is 2.32 bits per heavy atom. The summed E-state index contributed by atoms with van der Waals surface area (Å²) in [4.78, 5) is 26.3. The largest absolute Gasteiger partial charge is 0.482 e. The lowest BCUT2D eigenvalue weighted by atomic mass is 10.0. The van der Waals surface area contributed by atoms with Crippen LogP contribution in [0.5, 0.6) is 5.75 Å². The lowest BCUT2D eigenvalue weighted by Gasteiger charge is -2.32. The summed E-state index contributed by atoms with van der Waals surface area (Å²) in [6.45, 7) is 0.965. The van der Waals surface area contributed by atoms with E-state index in [0.717, 1.165) is 0 Å². The molecule has 1 N–H and O–H groups in total. The SMILES string of the molecule is O=C(NC1CCN(C(=O)COc2cc(Cl)c(Cl)cc2Cl)CC1)c1ccccc1. The summed E-state index contributed by atoms with van der Waals surface area (Å²) < 4.78 is 5.50. The van der Waals surface area contributed by atoms with E-state index in [2.05, 4.69) is 5.32 Å². The minimum absolute atomic E-state index is 0.0437. The lowest BCUT2D eigenvalue weighted by Crippen LogP contribution is -2.47. The molecule has 0 bridgehead atoms. The van der Waals surface area contributed by atoms with Crippen LogP contribution in [-0.4, -0.2) is 42.5 Å². The molecule has 0 aromatic heterocycles. The number of likely N-dealkylation sites (tertiary alicyclic amines) is 1. The maximum Gasteiger partial charge on any atom is 0.260 e. The van der Waals surface area contributed by atoms with Crippen molar-refractivity contribution in [2.75, 3.05) is 19.7 Å². The second-order valence-electron chi connectivity index (χ2n) is 6.48. The third-order valence-electron chi connectivity index (χ3n) is 4.54. The summed E-state index contributed by atoms with van der Waals surface area (Å²) >= 11 is 17.9. The topological polar surface area (TPSA) is 58.6 Å². The van der Waals surface area contributed by atoms with Crippen molar-refractivity contribution in [1.29, 1.82) is 0 Å². The van der Waals surface area contributed by atoms with E-state index in [1.54, 1.807) is 17.0 Å². The van der Waals surface area contributed by atoms with Crippen LogP contribution in [0.3, 0.4) is 0 Å². The smallest absolute Gasteiger partial charge is 0.260 e. The second-order valence-corrected chi connectivity index (χ2v) is 7.70. The number of benzene rings is 2. The number of nitrogens with one attached hydrogen (secondary N) is 1. The van der Waals surface area contributed by atoms with Crippen LogP contribution in [0.2, 0.25) is 15.1 Å². The molecule has 0 atom stereocenters. The van der Waals surface area contributed by atoms with Gasteiger partial charge in [-0.05, 0) is 31.0 Å². The molecule has 1 aliphatic heterocycles. The maximum atomic E-state index is 12.4. The standard InChI is InChI=1S/C20H19Cl3N2O3/c21-15-10-17(23)18(11-16(15)22)28-12-19(26)25-8-6-14(7-9-25)24-20(27)13-4-2-1-3-5-13/h1-5,10-11,14H,6-9,12H2,(H,24,27). The number of carbonyl (C=O) groups excluding carboxylic acids is 2. The van der Waals surface area contributed by atoms with E-state index in [1.807, 2.05) is 18.2 Å². The number of hydrogen-bond acceptors (Lipinski definition) is 3. The van der Waals surface area contributed by atoms with Crippen LogP contribution in [-0.2, 0) is 4.79 Å². The first-order valence-corrected chi connectivity index (χ1v) is 9.98. The number of amides is 2. The van der Waals surface area contributed by atoms with Crippen LogP contribution in [0.25, 0.3) is 0 Å². The van der Waals surface area contributed by atoms with E-state index in [9.17, 15) is 9.59 Å². The van der Waals surface area contributed by atoms with Crippen LogP contribution >= 0.6 is 34.8 Å². The highest BCUT2D eigenvalue weighted by molar-refractivity contribution is 6.43. The van der Waals surface area contributed by atoms with Gasteiger partial charge < -0.3 is 15.0 Å². The predicted molar refractivity (Wildman–Crippen MR) is 110 cm³/mol. The van der Waals surface area contributed by atoms with E-state index in [1.165, 1.54) is 12.1 Å². The highest BCUT2D eigenvalue weighted by Crippen LogP contribution is 2.33. The van der Waals surface area contributed by atoms with E-state index in [4.69, 9.17) is 39.5 Å².